The van der Waals surface area contributed by atoms with Crippen LogP contribution >= 0.6 is 11.8 Å². The van der Waals surface area contributed by atoms with Crippen LogP contribution in [-0.4, -0.2) is 5.04 Å². The first kappa shape index (κ1) is 21.5. The number of para-hydroxylation sites is 2. The lowest BCUT2D eigenvalue weighted by Crippen LogP contribution is -1.97. The van der Waals surface area contributed by atoms with Crippen LogP contribution in [0.3, 0.4) is 0 Å². The second-order valence-electron chi connectivity index (χ2n) is 6.97. The van der Waals surface area contributed by atoms with E-state index in [0.717, 1.165) is 38.4 Å². The van der Waals surface area contributed by atoms with Gasteiger partial charge >= 0.3 is 0 Å². The van der Waals surface area contributed by atoms with Gasteiger partial charge in [0.1, 0.15) is 22.3 Å². The van der Waals surface area contributed by atoms with Crippen LogP contribution in [0.15, 0.2) is 137 Å². The molecule has 0 amide bonds. The minimum Gasteiger partial charge on any atom is -0.465 e. The molecule has 0 N–H and O–H groups in total. The maximum absolute atomic E-state index is 5.92. The van der Waals surface area contributed by atoms with Gasteiger partial charge in [-0.15, -0.1) is 0 Å². The normalized spacial score (nSPS) is 11.8. The highest BCUT2D eigenvalue weighted by atomic mass is 32.2. The average Bonchev–Trinajstić information content (AvgIpc) is 2.85. The molecule has 0 aliphatic heterocycles. The van der Waals surface area contributed by atoms with Crippen molar-refractivity contribution in [3.05, 3.63) is 127 Å². The van der Waals surface area contributed by atoms with E-state index in [1.54, 1.807) is 18.0 Å². The maximum atomic E-state index is 5.92. The van der Waals surface area contributed by atoms with E-state index in [1.165, 1.54) is 0 Å². The van der Waals surface area contributed by atoms with E-state index in [-0.39, 0.29) is 0 Å². The van der Waals surface area contributed by atoms with E-state index in [2.05, 4.69) is 12.1 Å². The lowest BCUT2D eigenvalue weighted by molar-refractivity contribution is 0.467. The number of hydrogen-bond acceptors (Lipinski definition) is 4. The number of nitrogens with zero attached hydrogens (tertiary/aromatic N) is 1. The van der Waals surface area contributed by atoms with Gasteiger partial charge in [0.15, 0.2) is 0 Å². The molecule has 32 heavy (non-hydrogen) atoms. The summed E-state index contributed by atoms with van der Waals surface area (Å²) in [6.45, 7) is 2.00. The lowest BCUT2D eigenvalue weighted by atomic mass is 10.3. The van der Waals surface area contributed by atoms with Crippen molar-refractivity contribution >= 4 is 22.5 Å². The van der Waals surface area contributed by atoms with Gasteiger partial charge in [-0.1, -0.05) is 66.4 Å². The van der Waals surface area contributed by atoms with Crippen LogP contribution in [0, 0.1) is 0 Å². The highest BCUT2D eigenvalue weighted by Gasteiger charge is 2.07. The predicted molar refractivity (Wildman–Crippen MR) is 133 cm³/mol. The summed E-state index contributed by atoms with van der Waals surface area (Å²) in [5.74, 6) is 2.29. The largest absolute Gasteiger partial charge is 0.465 e. The Kier molecular flexibility index (Phi) is 7.40. The molecule has 0 aromatic heterocycles. The van der Waals surface area contributed by atoms with E-state index in [0.29, 0.717) is 0 Å². The Labute approximate surface area is 193 Å². The van der Waals surface area contributed by atoms with Gasteiger partial charge in [0.05, 0.1) is 11.9 Å². The summed E-state index contributed by atoms with van der Waals surface area (Å²) < 4.78 is 11.8. The number of thioether (sulfide) groups is 1. The molecule has 4 rings (SSSR count). The second-order valence-corrected chi connectivity index (χ2v) is 8.04. The minimum absolute atomic E-state index is 0.730. The lowest BCUT2D eigenvalue weighted by Gasteiger charge is -2.09. The molecule has 0 saturated heterocycles. The van der Waals surface area contributed by atoms with Crippen molar-refractivity contribution in [2.24, 2.45) is 4.99 Å². The Morgan fingerprint density at radius 1 is 0.656 bits per heavy atom. The fraction of sp³-hybridized carbons (Fsp3) is 0.0357. The molecule has 0 heterocycles. The van der Waals surface area contributed by atoms with Crippen molar-refractivity contribution in [2.45, 2.75) is 11.8 Å². The van der Waals surface area contributed by atoms with Crippen molar-refractivity contribution in [2.75, 3.05) is 0 Å². The van der Waals surface area contributed by atoms with Crippen molar-refractivity contribution in [1.29, 1.82) is 0 Å². The van der Waals surface area contributed by atoms with Gasteiger partial charge in [-0.05, 0) is 67.6 Å². The quantitative estimate of drug-likeness (QED) is 0.126. The molecule has 0 saturated carbocycles. The maximum Gasteiger partial charge on any atom is 0.127 e. The first-order valence-electron chi connectivity index (χ1n) is 10.3. The number of aliphatic imine (C=N–C) groups is 1. The van der Waals surface area contributed by atoms with Gasteiger partial charge in [-0.2, -0.15) is 0 Å². The number of hydrogen-bond donors (Lipinski definition) is 0. The summed E-state index contributed by atoms with van der Waals surface area (Å²) in [6.07, 6.45) is 1.74. The summed E-state index contributed by atoms with van der Waals surface area (Å²) in [7, 11) is 0. The first-order chi connectivity index (χ1) is 15.8. The third-order valence-electron chi connectivity index (χ3n) is 4.46. The van der Waals surface area contributed by atoms with E-state index >= 15 is 0 Å². The SMILES string of the molecule is C/C(=C\Oc1ccc(Oc2ccccc2)cc1)C(=Nc1ccccc1)Sc1ccccc1. The zero-order valence-corrected chi connectivity index (χ0v) is 18.5. The molecule has 0 unspecified atom stereocenters. The van der Waals surface area contributed by atoms with Crippen LogP contribution in [0.25, 0.3) is 0 Å². The molecule has 0 spiro atoms. The van der Waals surface area contributed by atoms with Crippen LogP contribution in [0.5, 0.6) is 17.2 Å². The summed E-state index contributed by atoms with van der Waals surface area (Å²) in [6, 6.07) is 37.4. The smallest absolute Gasteiger partial charge is 0.127 e. The Bertz CT molecular complexity index is 1170. The van der Waals surface area contributed by atoms with Crippen molar-refractivity contribution in [3.63, 3.8) is 0 Å². The molecule has 4 heteroatoms. The molecule has 4 aromatic carbocycles. The van der Waals surface area contributed by atoms with Crippen LogP contribution < -0.4 is 9.47 Å². The fourth-order valence-corrected chi connectivity index (χ4v) is 3.71. The summed E-state index contributed by atoms with van der Waals surface area (Å²) in [4.78, 5) is 5.96. The van der Waals surface area contributed by atoms with E-state index in [9.17, 15) is 0 Å². The predicted octanol–water partition coefficient (Wildman–Crippen LogP) is 8.28. The van der Waals surface area contributed by atoms with E-state index in [1.807, 2.05) is 110 Å². The average molecular weight is 438 g/mol. The topological polar surface area (TPSA) is 30.8 Å². The van der Waals surface area contributed by atoms with Crippen molar-refractivity contribution < 1.29 is 9.47 Å². The van der Waals surface area contributed by atoms with Gasteiger partial charge in [0.2, 0.25) is 0 Å². The molecular formula is C28H23NO2S. The molecule has 158 valence electrons. The van der Waals surface area contributed by atoms with E-state index < -0.39 is 0 Å². The molecule has 3 nitrogen and oxygen atoms in total. The van der Waals surface area contributed by atoms with Gasteiger partial charge < -0.3 is 9.47 Å². The van der Waals surface area contributed by atoms with Gasteiger partial charge in [0, 0.05) is 10.5 Å². The number of rotatable bonds is 7. The number of ether oxygens (including phenoxy) is 2. The monoisotopic (exact) mass is 437 g/mol. The van der Waals surface area contributed by atoms with Crippen LogP contribution in [0.4, 0.5) is 5.69 Å². The summed E-state index contributed by atoms with van der Waals surface area (Å²) in [5.41, 5.74) is 1.84. The zero-order chi connectivity index (χ0) is 22.0. The Morgan fingerprint density at radius 2 is 1.19 bits per heavy atom. The highest BCUT2D eigenvalue weighted by molar-refractivity contribution is 8.14. The third-order valence-corrected chi connectivity index (χ3v) is 5.57. The minimum atomic E-state index is 0.730. The van der Waals surface area contributed by atoms with Crippen LogP contribution in [0.1, 0.15) is 6.92 Å². The molecule has 0 aliphatic rings. The Morgan fingerprint density at radius 3 is 1.84 bits per heavy atom. The molecule has 0 aliphatic carbocycles. The Balaban J connectivity index is 1.48. The molecule has 0 bridgehead atoms. The first-order valence-corrected chi connectivity index (χ1v) is 11.1. The highest BCUT2D eigenvalue weighted by Crippen LogP contribution is 2.27. The van der Waals surface area contributed by atoms with Crippen molar-refractivity contribution in [3.8, 4) is 17.2 Å². The number of benzene rings is 4. The molecule has 4 aromatic rings. The van der Waals surface area contributed by atoms with Gasteiger partial charge in [0.25, 0.3) is 0 Å². The van der Waals surface area contributed by atoms with E-state index in [4.69, 9.17) is 14.5 Å². The third kappa shape index (κ3) is 6.37. The summed E-state index contributed by atoms with van der Waals surface area (Å²) in [5, 5.41) is 0.881. The summed E-state index contributed by atoms with van der Waals surface area (Å²) >= 11 is 1.61. The van der Waals surface area contributed by atoms with Crippen LogP contribution in [0.2, 0.25) is 0 Å². The second kappa shape index (κ2) is 11.0. The molecule has 0 radical (unpaired) electrons. The Hall–Kier alpha value is -3.76. The van der Waals surface area contributed by atoms with Gasteiger partial charge in [-0.25, -0.2) is 4.99 Å². The zero-order valence-electron chi connectivity index (χ0n) is 17.7. The molecular weight excluding hydrogens is 414 g/mol. The van der Waals surface area contributed by atoms with Gasteiger partial charge in [-0.3, -0.25) is 0 Å². The molecule has 0 atom stereocenters. The fourth-order valence-electron chi connectivity index (χ4n) is 2.83. The van der Waals surface area contributed by atoms with Crippen LogP contribution in [-0.2, 0) is 0 Å². The standard InChI is InChI=1S/C28H23NO2S/c1-22(21-30-24-17-19-26(20-18-24)31-25-13-7-3-8-14-25)28(29-23-11-5-2-6-12-23)32-27-15-9-4-10-16-27/h2-21H,1H3/b22-21+,29-28?. The molecule has 0 fully saturated rings. The van der Waals surface area contributed by atoms with Crippen molar-refractivity contribution in [1.82, 2.24) is 0 Å².